The highest BCUT2D eigenvalue weighted by Crippen LogP contribution is 2.13. The lowest BCUT2D eigenvalue weighted by molar-refractivity contribution is 0.248. The van der Waals surface area contributed by atoms with Gasteiger partial charge in [-0.05, 0) is 12.7 Å². The normalized spacial score (nSPS) is 13.2. The van der Waals surface area contributed by atoms with E-state index in [0.717, 1.165) is 6.42 Å². The molecule has 12 heavy (non-hydrogen) atoms. The van der Waals surface area contributed by atoms with Crippen LogP contribution in [0.2, 0.25) is 0 Å². The summed E-state index contributed by atoms with van der Waals surface area (Å²) in [4.78, 5) is 0. The van der Waals surface area contributed by atoms with E-state index < -0.39 is 0 Å². The van der Waals surface area contributed by atoms with Crippen LogP contribution in [0.3, 0.4) is 0 Å². The van der Waals surface area contributed by atoms with Crippen molar-refractivity contribution in [3.63, 3.8) is 0 Å². The molecule has 0 aliphatic heterocycles. The van der Waals surface area contributed by atoms with E-state index in [0.29, 0.717) is 0 Å². The Balaban J connectivity index is 2.90. The average molecular weight is 190 g/mol. The maximum atomic E-state index is 9.22. The molecule has 0 saturated carbocycles. The van der Waals surface area contributed by atoms with E-state index >= 15 is 0 Å². The zero-order valence-electron chi connectivity index (χ0n) is 8.38. The molecule has 2 heteroatoms. The molecule has 0 aliphatic rings. The minimum atomic E-state index is -0.129. The first-order valence-corrected chi connectivity index (χ1v) is 6.31. The van der Waals surface area contributed by atoms with Crippen molar-refractivity contribution in [2.45, 2.75) is 57.3 Å². The monoisotopic (exact) mass is 190 g/mol. The quantitative estimate of drug-likeness (QED) is 0.467. The highest BCUT2D eigenvalue weighted by atomic mass is 32.2. The van der Waals surface area contributed by atoms with Gasteiger partial charge in [0.15, 0.2) is 0 Å². The van der Waals surface area contributed by atoms with Crippen LogP contribution < -0.4 is 0 Å². The molecule has 0 heterocycles. The first-order valence-electron chi connectivity index (χ1n) is 5.02. The van der Waals surface area contributed by atoms with Gasteiger partial charge in [-0.2, -0.15) is 0 Å². The first-order chi connectivity index (χ1) is 5.81. The van der Waals surface area contributed by atoms with Crippen LogP contribution in [0, 0.1) is 0 Å². The van der Waals surface area contributed by atoms with Gasteiger partial charge in [0.25, 0.3) is 0 Å². The van der Waals surface area contributed by atoms with Crippen LogP contribution in [0.25, 0.3) is 0 Å². The van der Waals surface area contributed by atoms with Crippen molar-refractivity contribution in [3.8, 4) is 0 Å². The van der Waals surface area contributed by atoms with E-state index in [1.165, 1.54) is 38.5 Å². The van der Waals surface area contributed by atoms with E-state index in [1.807, 2.05) is 6.26 Å². The van der Waals surface area contributed by atoms with Crippen LogP contribution in [0.4, 0.5) is 0 Å². The molecule has 0 aliphatic carbocycles. The topological polar surface area (TPSA) is 20.2 Å². The van der Waals surface area contributed by atoms with Gasteiger partial charge in [0.1, 0.15) is 0 Å². The summed E-state index contributed by atoms with van der Waals surface area (Å²) in [7, 11) is 0. The highest BCUT2D eigenvalue weighted by Gasteiger charge is 1.99. The number of thioether (sulfide) groups is 1. The molecular formula is C10H22OS. The summed E-state index contributed by atoms with van der Waals surface area (Å²) in [6.07, 6.45) is 10.8. The Bertz CT molecular complexity index is 85.9. The molecule has 0 aromatic rings. The van der Waals surface area contributed by atoms with Crippen LogP contribution in [0.15, 0.2) is 0 Å². The molecule has 0 radical (unpaired) electrons. The van der Waals surface area contributed by atoms with Crippen LogP contribution in [0.5, 0.6) is 0 Å². The largest absolute Gasteiger partial charge is 0.382 e. The number of rotatable bonds is 8. The van der Waals surface area contributed by atoms with Gasteiger partial charge in [0.2, 0.25) is 0 Å². The van der Waals surface area contributed by atoms with Gasteiger partial charge in [-0.1, -0.05) is 45.4 Å². The van der Waals surface area contributed by atoms with Crippen LogP contribution in [-0.4, -0.2) is 16.8 Å². The molecule has 0 aromatic heterocycles. The van der Waals surface area contributed by atoms with E-state index in [4.69, 9.17) is 0 Å². The molecule has 1 nitrogen and oxygen atoms in total. The Hall–Kier alpha value is 0.310. The average Bonchev–Trinajstić information content (AvgIpc) is 2.10. The van der Waals surface area contributed by atoms with Crippen molar-refractivity contribution in [2.24, 2.45) is 0 Å². The summed E-state index contributed by atoms with van der Waals surface area (Å²) < 4.78 is 0. The lowest BCUT2D eigenvalue weighted by Gasteiger charge is -2.05. The SMILES string of the molecule is CCCCCCCCC(O)SC. The molecule has 0 saturated heterocycles. The van der Waals surface area contributed by atoms with Gasteiger partial charge < -0.3 is 5.11 Å². The van der Waals surface area contributed by atoms with Gasteiger partial charge in [-0.15, -0.1) is 11.8 Å². The second-order valence-corrected chi connectivity index (χ2v) is 4.26. The third kappa shape index (κ3) is 8.41. The van der Waals surface area contributed by atoms with Gasteiger partial charge >= 0.3 is 0 Å². The van der Waals surface area contributed by atoms with E-state index in [2.05, 4.69) is 6.92 Å². The van der Waals surface area contributed by atoms with Crippen molar-refractivity contribution >= 4 is 11.8 Å². The predicted octanol–water partition coefficient (Wildman–Crippen LogP) is 3.42. The van der Waals surface area contributed by atoms with Gasteiger partial charge in [-0.3, -0.25) is 0 Å². The third-order valence-electron chi connectivity index (χ3n) is 2.08. The molecule has 0 fully saturated rings. The van der Waals surface area contributed by atoms with Crippen molar-refractivity contribution < 1.29 is 5.11 Å². The van der Waals surface area contributed by atoms with Gasteiger partial charge in [0, 0.05) is 0 Å². The second-order valence-electron chi connectivity index (χ2n) is 3.25. The first kappa shape index (κ1) is 12.3. The minimum Gasteiger partial charge on any atom is -0.382 e. The Kier molecular flexibility index (Phi) is 9.64. The summed E-state index contributed by atoms with van der Waals surface area (Å²) >= 11 is 1.55. The number of aliphatic hydroxyl groups excluding tert-OH is 1. The predicted molar refractivity (Wildman–Crippen MR) is 57.5 cm³/mol. The Morgan fingerprint density at radius 2 is 1.67 bits per heavy atom. The maximum absolute atomic E-state index is 9.22. The summed E-state index contributed by atoms with van der Waals surface area (Å²) in [6.45, 7) is 2.23. The Morgan fingerprint density at radius 1 is 1.08 bits per heavy atom. The minimum absolute atomic E-state index is 0.129. The van der Waals surface area contributed by atoms with E-state index in [-0.39, 0.29) is 5.44 Å². The van der Waals surface area contributed by atoms with Crippen LogP contribution in [-0.2, 0) is 0 Å². The second kappa shape index (κ2) is 9.40. The van der Waals surface area contributed by atoms with Crippen molar-refractivity contribution in [1.29, 1.82) is 0 Å². The molecule has 0 amide bonds. The van der Waals surface area contributed by atoms with Crippen LogP contribution in [0.1, 0.15) is 51.9 Å². The van der Waals surface area contributed by atoms with E-state index in [1.54, 1.807) is 11.8 Å². The number of hydrogen-bond donors (Lipinski definition) is 1. The molecule has 0 aromatic carbocycles. The molecule has 1 unspecified atom stereocenters. The summed E-state index contributed by atoms with van der Waals surface area (Å²) in [5, 5.41) is 9.22. The summed E-state index contributed by atoms with van der Waals surface area (Å²) in [5.41, 5.74) is -0.129. The van der Waals surface area contributed by atoms with Gasteiger partial charge in [0.05, 0.1) is 5.44 Å². The zero-order chi connectivity index (χ0) is 9.23. The zero-order valence-corrected chi connectivity index (χ0v) is 9.20. The van der Waals surface area contributed by atoms with E-state index in [9.17, 15) is 5.11 Å². The standard InChI is InChI=1S/C10H22OS/c1-3-4-5-6-7-8-9-10(11)12-2/h10-11H,3-9H2,1-2H3. The lowest BCUT2D eigenvalue weighted by Crippen LogP contribution is -1.98. The molecule has 0 rings (SSSR count). The molecule has 0 spiro atoms. The Labute approximate surface area is 80.9 Å². The van der Waals surface area contributed by atoms with Gasteiger partial charge in [-0.25, -0.2) is 0 Å². The number of hydrogen-bond acceptors (Lipinski definition) is 2. The lowest BCUT2D eigenvalue weighted by atomic mass is 10.1. The fourth-order valence-corrected chi connectivity index (χ4v) is 1.62. The van der Waals surface area contributed by atoms with Crippen molar-refractivity contribution in [1.82, 2.24) is 0 Å². The molecule has 0 bridgehead atoms. The Morgan fingerprint density at radius 3 is 2.25 bits per heavy atom. The molecule has 1 atom stereocenters. The third-order valence-corrected chi connectivity index (χ3v) is 2.86. The van der Waals surface area contributed by atoms with Crippen molar-refractivity contribution in [3.05, 3.63) is 0 Å². The fourth-order valence-electron chi connectivity index (χ4n) is 1.22. The summed E-state index contributed by atoms with van der Waals surface area (Å²) in [6, 6.07) is 0. The molecule has 1 N–H and O–H groups in total. The highest BCUT2D eigenvalue weighted by molar-refractivity contribution is 7.99. The van der Waals surface area contributed by atoms with Crippen molar-refractivity contribution in [2.75, 3.05) is 6.26 Å². The fraction of sp³-hybridized carbons (Fsp3) is 1.00. The molecule has 74 valence electrons. The number of unbranched alkanes of at least 4 members (excludes halogenated alkanes) is 5. The maximum Gasteiger partial charge on any atom is 0.0990 e. The molecular weight excluding hydrogens is 168 g/mol. The number of aliphatic hydroxyl groups is 1. The van der Waals surface area contributed by atoms with Crippen LogP contribution >= 0.6 is 11.8 Å². The smallest absolute Gasteiger partial charge is 0.0990 e. The summed E-state index contributed by atoms with van der Waals surface area (Å²) in [5.74, 6) is 0.